The Bertz CT molecular complexity index is 907. The first-order valence-electron chi connectivity index (χ1n) is 14.7. The number of alkyl halides is 1. The number of rotatable bonds is 12. The van der Waals surface area contributed by atoms with Crippen molar-refractivity contribution in [2.45, 2.75) is 96.9 Å². The molecule has 1 aromatic carbocycles. The summed E-state index contributed by atoms with van der Waals surface area (Å²) in [5, 5.41) is 0.343. The summed E-state index contributed by atoms with van der Waals surface area (Å²) in [5.41, 5.74) is 2.49. The number of ether oxygens (including phenoxy) is 1. The third kappa shape index (κ3) is 7.28. The number of hydrogen-bond donors (Lipinski definition) is 0. The predicted molar refractivity (Wildman–Crippen MR) is 162 cm³/mol. The van der Waals surface area contributed by atoms with Crippen LogP contribution in [0, 0.1) is 29.6 Å². The van der Waals surface area contributed by atoms with Gasteiger partial charge in [0.1, 0.15) is 12.4 Å². The lowest BCUT2D eigenvalue weighted by atomic mass is 9.57. The highest BCUT2D eigenvalue weighted by Gasteiger charge is 2.50. The molecular formula is C32H49BrO4Si. The van der Waals surface area contributed by atoms with Crippen LogP contribution in [0.25, 0.3) is 0 Å². The molecular weight excluding hydrogens is 556 g/mol. The van der Waals surface area contributed by atoms with E-state index in [4.69, 9.17) is 9.16 Å². The molecule has 2 saturated carbocycles. The van der Waals surface area contributed by atoms with E-state index in [-0.39, 0.29) is 36.1 Å². The molecule has 38 heavy (non-hydrogen) atoms. The highest BCUT2D eigenvalue weighted by atomic mass is 79.9. The number of carbonyl (C=O) groups excluding carboxylic acids is 2. The molecule has 0 N–H and O–H groups in total. The fourth-order valence-electron chi connectivity index (χ4n) is 7.87. The van der Waals surface area contributed by atoms with Crippen LogP contribution < -0.4 is 0 Å². The van der Waals surface area contributed by atoms with Gasteiger partial charge in [-0.05, 0) is 58.7 Å². The third-order valence-electron chi connectivity index (χ3n) is 9.43. The van der Waals surface area contributed by atoms with Crippen LogP contribution in [0.5, 0.6) is 0 Å². The molecule has 1 aromatic rings. The quantitative estimate of drug-likeness (QED) is 0.104. The van der Waals surface area contributed by atoms with Crippen molar-refractivity contribution in [2.24, 2.45) is 29.6 Å². The maximum Gasteiger partial charge on any atom is 0.330 e. The Hall–Kier alpha value is -1.24. The summed E-state index contributed by atoms with van der Waals surface area (Å²) in [5.74, 6) is 1.01. The molecule has 6 heteroatoms. The van der Waals surface area contributed by atoms with Gasteiger partial charge in [-0.2, -0.15) is 0 Å². The van der Waals surface area contributed by atoms with E-state index in [0.29, 0.717) is 40.4 Å². The van der Waals surface area contributed by atoms with Crippen molar-refractivity contribution in [2.75, 3.05) is 11.9 Å². The fourth-order valence-corrected chi connectivity index (χ4v) is 13.7. The van der Waals surface area contributed by atoms with Gasteiger partial charge in [-0.15, -0.1) is 0 Å². The number of halogens is 1. The normalized spacial score (nSPS) is 26.2. The first kappa shape index (κ1) is 31.3. The molecule has 5 atom stereocenters. The molecule has 0 unspecified atom stereocenters. The molecule has 0 saturated heterocycles. The molecule has 0 heterocycles. The summed E-state index contributed by atoms with van der Waals surface area (Å²) >= 11 is 3.49. The first-order chi connectivity index (χ1) is 18.1. The van der Waals surface area contributed by atoms with Crippen LogP contribution >= 0.6 is 15.9 Å². The van der Waals surface area contributed by atoms with Crippen molar-refractivity contribution < 1.29 is 18.8 Å². The molecule has 2 aliphatic rings. The van der Waals surface area contributed by atoms with Crippen LogP contribution in [0.4, 0.5) is 0 Å². The molecule has 0 aromatic heterocycles. The lowest BCUT2D eigenvalue weighted by molar-refractivity contribution is -0.139. The highest BCUT2D eigenvalue weighted by Crippen LogP contribution is 2.51. The van der Waals surface area contributed by atoms with Gasteiger partial charge in [-0.25, -0.2) is 4.79 Å². The second-order valence-corrected chi connectivity index (χ2v) is 18.5. The summed E-state index contributed by atoms with van der Waals surface area (Å²) in [7, 11) is -2.05. The highest BCUT2D eigenvalue weighted by molar-refractivity contribution is 9.09. The van der Waals surface area contributed by atoms with Crippen molar-refractivity contribution >= 4 is 36.0 Å². The molecule has 2 fully saturated rings. The first-order valence-corrected chi connectivity index (χ1v) is 18.0. The van der Waals surface area contributed by atoms with Gasteiger partial charge in [0.05, 0.1) is 5.33 Å². The summed E-state index contributed by atoms with van der Waals surface area (Å²) in [6, 6.07) is 9.74. The number of hydrogen-bond acceptors (Lipinski definition) is 4. The van der Waals surface area contributed by atoms with Crippen LogP contribution in [-0.2, 0) is 25.4 Å². The number of allylic oxidation sites excluding steroid dienone is 1. The molecule has 212 valence electrons. The van der Waals surface area contributed by atoms with Gasteiger partial charge in [0.2, 0.25) is 0 Å². The van der Waals surface area contributed by atoms with Gasteiger partial charge in [-0.1, -0.05) is 113 Å². The SMILES string of the molecule is CC(C)[Si](OC[C@@H]1C[C@@H]2CCCC[C@H]2[C@H](/C=C/C(=O)OCc2ccccc2)[C@@H]1C(=O)CBr)(C(C)C)C(C)C. The molecule has 4 nitrogen and oxygen atoms in total. The smallest absolute Gasteiger partial charge is 0.330 e. The van der Waals surface area contributed by atoms with E-state index in [0.717, 1.165) is 18.4 Å². The van der Waals surface area contributed by atoms with E-state index in [1.54, 1.807) is 6.08 Å². The Morgan fingerprint density at radius 3 is 2.24 bits per heavy atom. The van der Waals surface area contributed by atoms with Crippen LogP contribution in [0.1, 0.15) is 79.2 Å². The fraction of sp³-hybridized carbons (Fsp3) is 0.688. The zero-order valence-electron chi connectivity index (χ0n) is 24.3. The second kappa shape index (κ2) is 14.4. The molecule has 0 spiro atoms. The minimum absolute atomic E-state index is 0.0465. The number of carbonyl (C=O) groups is 2. The Kier molecular flexibility index (Phi) is 11.9. The van der Waals surface area contributed by atoms with Gasteiger partial charge in [0.25, 0.3) is 0 Å². The number of Topliss-reactive ketones (excluding diaryl/α,β-unsaturated/α-hetero) is 1. The molecule has 0 aliphatic heterocycles. The summed E-state index contributed by atoms with van der Waals surface area (Å²) in [6.07, 6.45) is 9.45. The number of benzene rings is 1. The lowest BCUT2D eigenvalue weighted by Crippen LogP contribution is -2.51. The van der Waals surface area contributed by atoms with Gasteiger partial charge < -0.3 is 9.16 Å². The zero-order chi connectivity index (χ0) is 27.9. The Morgan fingerprint density at radius 1 is 1.00 bits per heavy atom. The Balaban J connectivity index is 1.84. The standard InChI is InChI=1S/C32H49BrO4Si/c1-22(2)38(23(3)4,24(5)6)37-21-27-18-26-14-10-11-15-28(26)29(32(27)30(34)19-33)16-17-31(35)36-20-25-12-8-7-9-13-25/h7-9,12-13,16-17,22-24,26-29,32H,10-11,14-15,18-21H2,1-6H3/b17-16+/t26-,27-,28+,29-,32+/m0/s1. The maximum absolute atomic E-state index is 13.5. The molecule has 0 radical (unpaired) electrons. The monoisotopic (exact) mass is 604 g/mol. The van der Waals surface area contributed by atoms with Gasteiger partial charge in [0.15, 0.2) is 8.32 Å². The van der Waals surface area contributed by atoms with E-state index in [9.17, 15) is 9.59 Å². The average molecular weight is 606 g/mol. The van der Waals surface area contributed by atoms with E-state index in [1.807, 2.05) is 36.4 Å². The predicted octanol–water partition coefficient (Wildman–Crippen LogP) is 8.50. The zero-order valence-corrected chi connectivity index (χ0v) is 26.9. The molecule has 0 amide bonds. The minimum atomic E-state index is -2.05. The maximum atomic E-state index is 13.5. The lowest BCUT2D eigenvalue weighted by Gasteiger charge is -2.50. The van der Waals surface area contributed by atoms with Crippen molar-refractivity contribution in [1.82, 2.24) is 0 Å². The van der Waals surface area contributed by atoms with Crippen molar-refractivity contribution in [1.29, 1.82) is 0 Å². The summed E-state index contributed by atoms with van der Waals surface area (Å²) in [4.78, 5) is 26.2. The summed E-state index contributed by atoms with van der Waals surface area (Å²) in [6.45, 7) is 14.8. The molecule has 3 rings (SSSR count). The second-order valence-electron chi connectivity index (χ2n) is 12.5. The minimum Gasteiger partial charge on any atom is -0.458 e. The third-order valence-corrected chi connectivity index (χ3v) is 16.1. The largest absolute Gasteiger partial charge is 0.458 e. The van der Waals surface area contributed by atoms with Crippen molar-refractivity contribution in [3.05, 3.63) is 48.0 Å². The van der Waals surface area contributed by atoms with Crippen LogP contribution in [0.15, 0.2) is 42.5 Å². The number of fused-ring (bicyclic) bond motifs is 1. The van der Waals surface area contributed by atoms with Gasteiger partial charge in [-0.3, -0.25) is 4.79 Å². The van der Waals surface area contributed by atoms with Crippen molar-refractivity contribution in [3.8, 4) is 0 Å². The summed E-state index contributed by atoms with van der Waals surface area (Å²) < 4.78 is 12.6. The Labute approximate surface area is 240 Å². The van der Waals surface area contributed by atoms with E-state index < -0.39 is 8.32 Å². The van der Waals surface area contributed by atoms with Crippen LogP contribution in [-0.4, -0.2) is 32.0 Å². The van der Waals surface area contributed by atoms with Crippen LogP contribution in [0.2, 0.25) is 16.6 Å². The number of esters is 1. The average Bonchev–Trinajstić information content (AvgIpc) is 2.90. The van der Waals surface area contributed by atoms with Crippen LogP contribution in [0.3, 0.4) is 0 Å². The van der Waals surface area contributed by atoms with E-state index in [2.05, 4.69) is 57.5 Å². The molecule has 2 aliphatic carbocycles. The number of ketones is 1. The van der Waals surface area contributed by atoms with Gasteiger partial charge in [0, 0.05) is 18.6 Å². The van der Waals surface area contributed by atoms with E-state index in [1.165, 1.54) is 19.3 Å². The van der Waals surface area contributed by atoms with Crippen molar-refractivity contribution in [3.63, 3.8) is 0 Å². The molecule has 0 bridgehead atoms. The van der Waals surface area contributed by atoms with E-state index >= 15 is 0 Å². The Morgan fingerprint density at radius 2 is 1.63 bits per heavy atom. The van der Waals surface area contributed by atoms with Gasteiger partial charge >= 0.3 is 5.97 Å². The topological polar surface area (TPSA) is 52.6 Å².